The summed E-state index contributed by atoms with van der Waals surface area (Å²) in [5.74, 6) is 1.91. The first-order valence-corrected chi connectivity index (χ1v) is 9.68. The number of hydrogen-bond donors (Lipinski definition) is 0. The summed E-state index contributed by atoms with van der Waals surface area (Å²) >= 11 is 2.93. The van der Waals surface area contributed by atoms with E-state index in [-0.39, 0.29) is 5.56 Å². The van der Waals surface area contributed by atoms with Crippen LogP contribution in [0.25, 0.3) is 21.7 Å². The molecule has 26 heavy (non-hydrogen) atoms. The molecule has 3 aromatic heterocycles. The highest BCUT2D eigenvalue weighted by Crippen LogP contribution is 2.26. The van der Waals surface area contributed by atoms with E-state index in [4.69, 9.17) is 9.15 Å². The van der Waals surface area contributed by atoms with Crippen LogP contribution in [-0.4, -0.2) is 21.6 Å². The van der Waals surface area contributed by atoms with Crippen molar-refractivity contribution < 1.29 is 9.15 Å². The number of thiophene rings is 1. The first-order chi connectivity index (χ1) is 12.7. The van der Waals surface area contributed by atoms with Gasteiger partial charge in [-0.1, -0.05) is 11.8 Å². The summed E-state index contributed by atoms with van der Waals surface area (Å²) in [7, 11) is 3.37. The number of hydrogen-bond acceptors (Lipinski definition) is 7. The molecule has 4 aromatic rings. The number of methoxy groups -OCH3 is 1. The van der Waals surface area contributed by atoms with Gasteiger partial charge in [-0.15, -0.1) is 11.3 Å². The monoisotopic (exact) mass is 385 g/mol. The molecule has 0 spiro atoms. The van der Waals surface area contributed by atoms with Gasteiger partial charge in [0.2, 0.25) is 5.89 Å². The van der Waals surface area contributed by atoms with Gasteiger partial charge in [0, 0.05) is 18.4 Å². The molecule has 0 aliphatic heterocycles. The second-order valence-electron chi connectivity index (χ2n) is 5.56. The summed E-state index contributed by atoms with van der Waals surface area (Å²) in [6.07, 6.45) is 1.63. The fourth-order valence-corrected chi connectivity index (χ4v) is 4.14. The smallest absolute Gasteiger partial charge is 0.262 e. The third kappa shape index (κ3) is 3.13. The van der Waals surface area contributed by atoms with Crippen molar-refractivity contribution >= 4 is 33.3 Å². The van der Waals surface area contributed by atoms with E-state index in [1.165, 1.54) is 23.1 Å². The van der Waals surface area contributed by atoms with Crippen molar-refractivity contribution in [1.29, 1.82) is 0 Å². The molecule has 8 heteroatoms. The van der Waals surface area contributed by atoms with E-state index in [9.17, 15) is 4.79 Å². The molecule has 132 valence electrons. The second-order valence-corrected chi connectivity index (χ2v) is 7.40. The lowest BCUT2D eigenvalue weighted by atomic mass is 10.2. The van der Waals surface area contributed by atoms with Crippen molar-refractivity contribution in [1.82, 2.24) is 14.5 Å². The van der Waals surface area contributed by atoms with Crippen LogP contribution in [0.5, 0.6) is 5.75 Å². The fourth-order valence-electron chi connectivity index (χ4n) is 2.49. The van der Waals surface area contributed by atoms with Gasteiger partial charge < -0.3 is 9.15 Å². The standard InChI is InChI=1S/C18H15N3O3S2/c1-21-17(22)14-7-8-25-16(14)20-18(21)26-10-12-9-24-15(19-12)11-3-5-13(23-2)6-4-11/h3-9H,10H2,1-2H3. The predicted molar refractivity (Wildman–Crippen MR) is 103 cm³/mol. The average Bonchev–Trinajstić information content (AvgIpc) is 3.33. The summed E-state index contributed by atoms with van der Waals surface area (Å²) in [6.45, 7) is 0. The molecule has 0 bridgehead atoms. The second kappa shape index (κ2) is 6.97. The molecule has 4 rings (SSSR count). The number of nitrogens with zero attached hydrogens (tertiary/aromatic N) is 3. The maximum Gasteiger partial charge on any atom is 0.262 e. The summed E-state index contributed by atoms with van der Waals surface area (Å²) in [5.41, 5.74) is 1.65. The minimum atomic E-state index is -0.0298. The van der Waals surface area contributed by atoms with Crippen LogP contribution in [0.15, 0.2) is 56.3 Å². The molecule has 0 aliphatic carbocycles. The average molecular weight is 385 g/mol. The highest BCUT2D eigenvalue weighted by atomic mass is 32.2. The first-order valence-electron chi connectivity index (χ1n) is 7.81. The van der Waals surface area contributed by atoms with Crippen LogP contribution >= 0.6 is 23.1 Å². The van der Waals surface area contributed by atoms with E-state index in [2.05, 4.69) is 9.97 Å². The van der Waals surface area contributed by atoms with Crippen LogP contribution in [0, 0.1) is 0 Å². The van der Waals surface area contributed by atoms with Crippen LogP contribution < -0.4 is 10.3 Å². The van der Waals surface area contributed by atoms with Crippen LogP contribution in [0.1, 0.15) is 5.69 Å². The number of aromatic nitrogens is 3. The van der Waals surface area contributed by atoms with Gasteiger partial charge in [-0.05, 0) is 35.7 Å². The van der Waals surface area contributed by atoms with Gasteiger partial charge in [-0.2, -0.15) is 0 Å². The van der Waals surface area contributed by atoms with Crippen LogP contribution in [0.4, 0.5) is 0 Å². The normalized spacial score (nSPS) is 11.2. The minimum Gasteiger partial charge on any atom is -0.497 e. The summed E-state index contributed by atoms with van der Waals surface area (Å²) in [5, 5.41) is 3.20. The Bertz CT molecular complexity index is 1110. The molecular weight excluding hydrogens is 370 g/mol. The highest BCUT2D eigenvalue weighted by molar-refractivity contribution is 7.98. The number of oxazole rings is 1. The Morgan fingerprint density at radius 3 is 2.81 bits per heavy atom. The van der Waals surface area contributed by atoms with Crippen molar-refractivity contribution in [2.75, 3.05) is 7.11 Å². The first kappa shape index (κ1) is 16.9. The molecule has 0 unspecified atom stereocenters. The van der Waals surface area contributed by atoms with Crippen LogP contribution in [-0.2, 0) is 12.8 Å². The van der Waals surface area contributed by atoms with Crippen molar-refractivity contribution in [2.45, 2.75) is 10.9 Å². The Morgan fingerprint density at radius 2 is 2.04 bits per heavy atom. The Morgan fingerprint density at radius 1 is 1.23 bits per heavy atom. The lowest BCUT2D eigenvalue weighted by Gasteiger charge is -2.05. The number of rotatable bonds is 5. The Kier molecular flexibility index (Phi) is 4.52. The van der Waals surface area contributed by atoms with Gasteiger partial charge in [-0.3, -0.25) is 9.36 Å². The highest BCUT2D eigenvalue weighted by Gasteiger charge is 2.12. The lowest BCUT2D eigenvalue weighted by molar-refractivity contribution is 0.415. The van der Waals surface area contributed by atoms with E-state index in [0.29, 0.717) is 22.2 Å². The van der Waals surface area contributed by atoms with Gasteiger partial charge >= 0.3 is 0 Å². The van der Waals surface area contributed by atoms with Crippen molar-refractivity contribution in [3.63, 3.8) is 0 Å². The Hall–Kier alpha value is -2.58. The van der Waals surface area contributed by atoms with Crippen LogP contribution in [0.3, 0.4) is 0 Å². The molecule has 0 amide bonds. The molecule has 0 saturated heterocycles. The molecule has 6 nitrogen and oxygen atoms in total. The maximum atomic E-state index is 12.3. The minimum absolute atomic E-state index is 0.0298. The Balaban J connectivity index is 1.53. The quantitative estimate of drug-likeness (QED) is 0.383. The summed E-state index contributed by atoms with van der Waals surface area (Å²) in [6, 6.07) is 9.34. The zero-order valence-electron chi connectivity index (χ0n) is 14.1. The van der Waals surface area contributed by atoms with Gasteiger partial charge in [0.1, 0.15) is 16.8 Å². The number of ether oxygens (including phenoxy) is 1. The molecule has 0 N–H and O–H groups in total. The fraction of sp³-hybridized carbons (Fsp3) is 0.167. The molecule has 1 aromatic carbocycles. The molecule has 0 radical (unpaired) electrons. The van der Waals surface area contributed by atoms with Crippen LogP contribution in [0.2, 0.25) is 0 Å². The van der Waals surface area contributed by atoms with E-state index < -0.39 is 0 Å². The molecule has 0 fully saturated rings. The van der Waals surface area contributed by atoms with Gasteiger partial charge in [0.15, 0.2) is 5.16 Å². The predicted octanol–water partition coefficient (Wildman–Crippen LogP) is 3.95. The van der Waals surface area contributed by atoms with Crippen molar-refractivity contribution in [2.24, 2.45) is 7.05 Å². The number of benzene rings is 1. The molecular formula is C18H15N3O3S2. The van der Waals surface area contributed by atoms with Crippen molar-refractivity contribution in [3.8, 4) is 17.2 Å². The number of fused-ring (bicyclic) bond motifs is 1. The van der Waals surface area contributed by atoms with Gasteiger partial charge in [0.05, 0.1) is 18.2 Å². The summed E-state index contributed by atoms with van der Waals surface area (Å²) in [4.78, 5) is 22.2. The SMILES string of the molecule is COc1ccc(-c2nc(CSc3nc4sccc4c(=O)n3C)co2)cc1. The van der Waals surface area contributed by atoms with Gasteiger partial charge in [0.25, 0.3) is 5.56 Å². The zero-order chi connectivity index (χ0) is 18.1. The summed E-state index contributed by atoms with van der Waals surface area (Å²) < 4.78 is 12.3. The van der Waals surface area contributed by atoms with E-state index in [0.717, 1.165) is 21.8 Å². The third-order valence-corrected chi connectivity index (χ3v) is 5.77. The molecule has 0 saturated carbocycles. The lowest BCUT2D eigenvalue weighted by Crippen LogP contribution is -2.19. The van der Waals surface area contributed by atoms with Gasteiger partial charge in [-0.25, -0.2) is 9.97 Å². The molecule has 3 heterocycles. The van der Waals surface area contributed by atoms with E-state index in [1.807, 2.05) is 35.7 Å². The topological polar surface area (TPSA) is 70.2 Å². The maximum absolute atomic E-state index is 12.3. The van der Waals surface area contributed by atoms with E-state index in [1.54, 1.807) is 25.0 Å². The van der Waals surface area contributed by atoms with E-state index >= 15 is 0 Å². The zero-order valence-corrected chi connectivity index (χ0v) is 15.8. The largest absolute Gasteiger partial charge is 0.497 e. The van der Waals surface area contributed by atoms with Crippen molar-refractivity contribution in [3.05, 3.63) is 58.0 Å². The number of thioether (sulfide) groups is 1. The molecule has 0 aliphatic rings. The third-order valence-electron chi connectivity index (χ3n) is 3.90. The molecule has 0 atom stereocenters. The Labute approximate surface area is 157 Å².